The Hall–Kier alpha value is -1.46. The van der Waals surface area contributed by atoms with Gasteiger partial charge in [-0.15, -0.1) is 13.2 Å². The van der Waals surface area contributed by atoms with Crippen LogP contribution in [0.1, 0.15) is 50.5 Å². The fraction of sp³-hybridized carbons (Fsp3) is 0.667. The van der Waals surface area contributed by atoms with Crippen LogP contribution in [0.3, 0.4) is 0 Å². The number of hydrogen-bond acceptors (Lipinski definition) is 2. The molecular weight excluding hydrogens is 324 g/mol. The number of benzene rings is 1. The van der Waals surface area contributed by atoms with E-state index in [4.69, 9.17) is 4.74 Å². The van der Waals surface area contributed by atoms with Crippen LogP contribution in [0.5, 0.6) is 11.5 Å². The lowest BCUT2D eigenvalue weighted by atomic mass is 9.97. The Morgan fingerprint density at radius 3 is 2.33 bits per heavy atom. The van der Waals surface area contributed by atoms with Gasteiger partial charge >= 0.3 is 6.36 Å². The second-order valence-corrected chi connectivity index (χ2v) is 6.85. The fourth-order valence-electron chi connectivity index (χ4n) is 3.33. The minimum absolute atomic E-state index is 0.166. The first-order chi connectivity index (χ1) is 11.4. The van der Waals surface area contributed by atoms with Gasteiger partial charge in [0.2, 0.25) is 5.75 Å². The summed E-state index contributed by atoms with van der Waals surface area (Å²) < 4.78 is 61.9. The number of hydrogen-bond donors (Lipinski definition) is 0. The van der Waals surface area contributed by atoms with Gasteiger partial charge in [0.25, 0.3) is 0 Å². The Kier molecular flexibility index (Phi) is 5.21. The highest BCUT2D eigenvalue weighted by molar-refractivity contribution is 5.45. The molecule has 0 unspecified atom stereocenters. The second-order valence-electron chi connectivity index (χ2n) is 6.85. The summed E-state index contributed by atoms with van der Waals surface area (Å²) in [6.07, 6.45) is 2.72. The summed E-state index contributed by atoms with van der Waals surface area (Å²) >= 11 is 0. The van der Waals surface area contributed by atoms with Gasteiger partial charge in [-0.1, -0.05) is 44.6 Å². The van der Waals surface area contributed by atoms with Crippen molar-refractivity contribution in [2.75, 3.05) is 6.61 Å². The summed E-state index contributed by atoms with van der Waals surface area (Å²) in [5.41, 5.74) is 0.274. The predicted octanol–water partition coefficient (Wildman–Crippen LogP) is 5.64. The van der Waals surface area contributed by atoms with Crippen molar-refractivity contribution in [1.82, 2.24) is 0 Å². The Balaban J connectivity index is 1.76. The maximum absolute atomic E-state index is 14.6. The van der Waals surface area contributed by atoms with Gasteiger partial charge in [0.15, 0.2) is 11.6 Å². The largest absolute Gasteiger partial charge is 0.573 e. The lowest BCUT2D eigenvalue weighted by Gasteiger charge is -2.18. The first-order valence-electron chi connectivity index (χ1n) is 8.62. The average molecular weight is 346 g/mol. The zero-order valence-corrected chi connectivity index (χ0v) is 13.5. The molecule has 2 saturated carbocycles. The van der Waals surface area contributed by atoms with Crippen molar-refractivity contribution >= 4 is 0 Å². The number of rotatable bonds is 7. The second kappa shape index (κ2) is 7.19. The van der Waals surface area contributed by atoms with Gasteiger partial charge in [-0.05, 0) is 36.3 Å². The van der Waals surface area contributed by atoms with E-state index in [1.807, 2.05) is 0 Å². The monoisotopic (exact) mass is 346 g/mol. The van der Waals surface area contributed by atoms with E-state index in [9.17, 15) is 17.6 Å². The molecule has 0 aliphatic heterocycles. The molecule has 1 aromatic rings. The lowest BCUT2D eigenvalue weighted by Crippen LogP contribution is -2.19. The van der Waals surface area contributed by atoms with Gasteiger partial charge in [0.05, 0.1) is 6.61 Å². The lowest BCUT2D eigenvalue weighted by molar-refractivity contribution is -0.276. The van der Waals surface area contributed by atoms with E-state index in [-0.39, 0.29) is 17.9 Å². The molecule has 0 aromatic heterocycles. The Bertz CT molecular complexity index is 561. The van der Waals surface area contributed by atoms with Crippen molar-refractivity contribution in [2.45, 2.75) is 57.7 Å². The van der Waals surface area contributed by atoms with E-state index in [0.717, 1.165) is 44.9 Å². The maximum Gasteiger partial charge on any atom is 0.573 e. The molecule has 2 fully saturated rings. The SMILES string of the molecule is Fc1c(CC2CCCC2)ccc(OCCC2CC2)c1OC(F)(F)F. The molecule has 0 radical (unpaired) electrons. The van der Waals surface area contributed by atoms with Crippen molar-refractivity contribution < 1.29 is 27.0 Å². The molecule has 24 heavy (non-hydrogen) atoms. The van der Waals surface area contributed by atoms with Crippen LogP contribution in [0.2, 0.25) is 0 Å². The van der Waals surface area contributed by atoms with E-state index >= 15 is 0 Å². The zero-order valence-electron chi connectivity index (χ0n) is 13.5. The van der Waals surface area contributed by atoms with Crippen LogP contribution in [0.25, 0.3) is 0 Å². The van der Waals surface area contributed by atoms with Gasteiger partial charge in [-0.25, -0.2) is 4.39 Å². The van der Waals surface area contributed by atoms with Gasteiger partial charge in [0.1, 0.15) is 0 Å². The fourth-order valence-corrected chi connectivity index (χ4v) is 3.33. The van der Waals surface area contributed by atoms with Crippen molar-refractivity contribution in [1.29, 1.82) is 0 Å². The molecule has 2 aliphatic carbocycles. The molecule has 2 nitrogen and oxygen atoms in total. The molecule has 2 aliphatic rings. The molecule has 0 bridgehead atoms. The molecule has 0 amide bonds. The number of ether oxygens (including phenoxy) is 2. The Morgan fingerprint density at radius 2 is 1.71 bits per heavy atom. The third-order valence-electron chi connectivity index (χ3n) is 4.82. The molecule has 0 spiro atoms. The predicted molar refractivity (Wildman–Crippen MR) is 81.6 cm³/mol. The molecule has 1 aromatic carbocycles. The van der Waals surface area contributed by atoms with E-state index in [2.05, 4.69) is 4.74 Å². The summed E-state index contributed by atoms with van der Waals surface area (Å²) in [5.74, 6) is -1.01. The van der Waals surface area contributed by atoms with Crippen LogP contribution in [0.4, 0.5) is 17.6 Å². The van der Waals surface area contributed by atoms with Crippen LogP contribution in [0.15, 0.2) is 12.1 Å². The van der Waals surface area contributed by atoms with Crippen molar-refractivity contribution in [2.24, 2.45) is 11.8 Å². The summed E-state index contributed by atoms with van der Waals surface area (Å²) in [5, 5.41) is 0. The molecule has 0 saturated heterocycles. The zero-order chi connectivity index (χ0) is 17.2. The normalized spacial score (nSPS) is 18.8. The Morgan fingerprint density at radius 1 is 1.00 bits per heavy atom. The summed E-state index contributed by atoms with van der Waals surface area (Å²) in [6.45, 7) is 0.278. The van der Waals surface area contributed by atoms with Gasteiger partial charge in [0, 0.05) is 0 Å². The summed E-state index contributed by atoms with van der Waals surface area (Å²) in [6, 6.07) is 2.94. The molecule has 0 heterocycles. The first-order valence-corrected chi connectivity index (χ1v) is 8.62. The van der Waals surface area contributed by atoms with Crippen molar-refractivity contribution in [3.63, 3.8) is 0 Å². The number of halogens is 4. The topological polar surface area (TPSA) is 18.5 Å². The van der Waals surface area contributed by atoms with Crippen molar-refractivity contribution in [3.8, 4) is 11.5 Å². The summed E-state index contributed by atoms with van der Waals surface area (Å²) in [7, 11) is 0. The molecule has 0 atom stereocenters. The molecule has 3 rings (SSSR count). The third-order valence-corrected chi connectivity index (χ3v) is 4.82. The van der Waals surface area contributed by atoms with Crippen LogP contribution in [-0.2, 0) is 6.42 Å². The van der Waals surface area contributed by atoms with E-state index in [0.29, 0.717) is 18.3 Å². The molecule has 6 heteroatoms. The maximum atomic E-state index is 14.6. The van der Waals surface area contributed by atoms with Gasteiger partial charge in [-0.3, -0.25) is 0 Å². The van der Waals surface area contributed by atoms with Gasteiger partial charge in [-0.2, -0.15) is 0 Å². The van der Waals surface area contributed by atoms with Crippen molar-refractivity contribution in [3.05, 3.63) is 23.5 Å². The minimum atomic E-state index is -4.94. The smallest absolute Gasteiger partial charge is 0.490 e. The van der Waals surface area contributed by atoms with Crippen LogP contribution >= 0.6 is 0 Å². The summed E-state index contributed by atoms with van der Waals surface area (Å²) in [4.78, 5) is 0. The molecule has 134 valence electrons. The number of alkyl halides is 3. The van der Waals surface area contributed by atoms with Crippen LogP contribution in [-0.4, -0.2) is 13.0 Å². The quantitative estimate of drug-likeness (QED) is 0.595. The Labute approximate surface area is 139 Å². The van der Waals surface area contributed by atoms with Crippen LogP contribution < -0.4 is 9.47 Å². The highest BCUT2D eigenvalue weighted by Gasteiger charge is 2.35. The average Bonchev–Trinajstić information content (AvgIpc) is 3.18. The molecular formula is C18H22F4O2. The molecule has 0 N–H and O–H groups in total. The standard InChI is InChI=1S/C18H22F4O2/c19-16-14(11-13-3-1-2-4-13)7-8-15(17(16)24-18(20,21)22)23-10-9-12-5-6-12/h7-8,12-13H,1-6,9-11H2. The highest BCUT2D eigenvalue weighted by atomic mass is 19.4. The van der Waals surface area contributed by atoms with Crippen LogP contribution in [0, 0.1) is 17.7 Å². The minimum Gasteiger partial charge on any atom is -0.490 e. The third kappa shape index (κ3) is 4.77. The first kappa shape index (κ1) is 17.4. The van der Waals surface area contributed by atoms with E-state index in [1.165, 1.54) is 12.1 Å². The van der Waals surface area contributed by atoms with Gasteiger partial charge < -0.3 is 9.47 Å². The van der Waals surface area contributed by atoms with E-state index in [1.54, 1.807) is 0 Å². The van der Waals surface area contributed by atoms with E-state index < -0.39 is 17.9 Å². The highest BCUT2D eigenvalue weighted by Crippen LogP contribution is 2.39.